The zero-order valence-electron chi connectivity index (χ0n) is 26.7. The lowest BCUT2D eigenvalue weighted by Gasteiger charge is -2.18. The first-order valence-electron chi connectivity index (χ1n) is 16.3. The Morgan fingerprint density at radius 2 is 1.00 bits per heavy atom. The van der Waals surface area contributed by atoms with Gasteiger partial charge in [0.1, 0.15) is 6.07 Å². The first-order chi connectivity index (χ1) is 24.7. The summed E-state index contributed by atoms with van der Waals surface area (Å²) >= 11 is 0. The first kappa shape index (κ1) is 28.8. The molecule has 0 bridgehead atoms. The topological polar surface area (TPSA) is 81.2 Å². The summed E-state index contributed by atoms with van der Waals surface area (Å²) in [6, 6.07) is 57.9. The summed E-state index contributed by atoms with van der Waals surface area (Å²) in [6.07, 6.45) is 0. The quantitative estimate of drug-likeness (QED) is 0.193. The van der Waals surface area contributed by atoms with E-state index in [1.807, 2.05) is 60.7 Å². The summed E-state index contributed by atoms with van der Waals surface area (Å²) in [6.45, 7) is 0. The summed E-state index contributed by atoms with van der Waals surface area (Å²) in [7, 11) is 0. The lowest BCUT2D eigenvalue weighted by atomic mass is 9.92. The van der Waals surface area contributed by atoms with Gasteiger partial charge in [-0.3, -0.25) is 0 Å². The molecule has 2 aromatic heterocycles. The van der Waals surface area contributed by atoms with Gasteiger partial charge in [0.2, 0.25) is 0 Å². The zero-order chi connectivity index (χ0) is 33.8. The van der Waals surface area contributed by atoms with Gasteiger partial charge in [-0.05, 0) is 83.4 Å². The average molecular weight is 636 g/mol. The molecule has 5 heteroatoms. The highest BCUT2D eigenvalue weighted by atomic mass is 15.0. The van der Waals surface area contributed by atoms with Crippen LogP contribution < -0.4 is 0 Å². The molecule has 0 aliphatic rings. The number of aromatic nitrogens is 2. The number of benzene rings is 7. The van der Waals surface area contributed by atoms with Gasteiger partial charge in [-0.25, -0.2) is 0 Å². The zero-order valence-corrected chi connectivity index (χ0v) is 26.7. The lowest BCUT2D eigenvalue weighted by molar-refractivity contribution is 1.17. The van der Waals surface area contributed by atoms with Crippen LogP contribution in [-0.4, -0.2) is 9.13 Å². The van der Waals surface area contributed by atoms with E-state index in [0.717, 1.165) is 66.5 Å². The van der Waals surface area contributed by atoms with Gasteiger partial charge in [0.05, 0.1) is 56.6 Å². The lowest BCUT2D eigenvalue weighted by Crippen LogP contribution is -1.99. The number of para-hydroxylation sites is 3. The van der Waals surface area contributed by atoms with Crippen molar-refractivity contribution in [3.63, 3.8) is 0 Å². The number of hydrogen-bond acceptors (Lipinski definition) is 3. The van der Waals surface area contributed by atoms with Gasteiger partial charge in [-0.15, -0.1) is 0 Å². The molecule has 0 N–H and O–H groups in total. The van der Waals surface area contributed by atoms with E-state index in [1.54, 1.807) is 0 Å². The van der Waals surface area contributed by atoms with Crippen LogP contribution in [0.2, 0.25) is 0 Å². The van der Waals surface area contributed by atoms with Crippen LogP contribution in [0.25, 0.3) is 77.2 Å². The van der Waals surface area contributed by atoms with Gasteiger partial charge in [0.15, 0.2) is 0 Å². The summed E-state index contributed by atoms with van der Waals surface area (Å²) in [4.78, 5) is 0. The molecule has 0 saturated carbocycles. The molecule has 9 rings (SSSR count). The van der Waals surface area contributed by atoms with Gasteiger partial charge in [-0.2, -0.15) is 15.8 Å². The third-order valence-electron chi connectivity index (χ3n) is 9.64. The fraction of sp³-hybridized carbons (Fsp3) is 0. The maximum Gasteiger partial charge on any atom is 0.101 e. The van der Waals surface area contributed by atoms with Crippen molar-refractivity contribution in [3.05, 3.63) is 168 Å². The minimum atomic E-state index is 0.571. The molecule has 0 radical (unpaired) electrons. The molecule has 9 aromatic rings. The molecule has 5 nitrogen and oxygen atoms in total. The number of nitriles is 3. The highest BCUT2D eigenvalue weighted by Crippen LogP contribution is 2.41. The van der Waals surface area contributed by atoms with Crippen LogP contribution in [0.1, 0.15) is 16.7 Å². The van der Waals surface area contributed by atoms with Crippen LogP contribution in [0.15, 0.2) is 152 Å². The molecule has 0 saturated heterocycles. The molecule has 0 aliphatic carbocycles. The normalized spacial score (nSPS) is 11.1. The third-order valence-corrected chi connectivity index (χ3v) is 9.64. The minimum Gasteiger partial charge on any atom is -0.309 e. The number of nitrogens with zero attached hydrogens (tertiary/aromatic N) is 5. The molecule has 0 amide bonds. The summed E-state index contributed by atoms with van der Waals surface area (Å²) in [5, 5.41) is 33.9. The van der Waals surface area contributed by atoms with Crippen molar-refractivity contribution in [2.75, 3.05) is 0 Å². The van der Waals surface area contributed by atoms with Gasteiger partial charge in [0.25, 0.3) is 0 Å². The van der Waals surface area contributed by atoms with E-state index < -0.39 is 0 Å². The van der Waals surface area contributed by atoms with Crippen molar-refractivity contribution in [3.8, 4) is 51.8 Å². The molecule has 230 valence electrons. The number of rotatable bonds is 4. The largest absolute Gasteiger partial charge is 0.309 e. The minimum absolute atomic E-state index is 0.571. The van der Waals surface area contributed by atoms with E-state index in [1.165, 1.54) is 10.8 Å². The Hall–Kier alpha value is -7.39. The first-order valence-corrected chi connectivity index (χ1v) is 16.3. The van der Waals surface area contributed by atoms with Crippen molar-refractivity contribution in [1.82, 2.24) is 9.13 Å². The van der Waals surface area contributed by atoms with Crippen LogP contribution in [0.4, 0.5) is 0 Å². The second-order valence-corrected chi connectivity index (χ2v) is 12.3. The molecule has 0 spiro atoms. The van der Waals surface area contributed by atoms with E-state index in [0.29, 0.717) is 16.7 Å². The van der Waals surface area contributed by atoms with E-state index >= 15 is 0 Å². The van der Waals surface area contributed by atoms with E-state index in [4.69, 9.17) is 0 Å². The van der Waals surface area contributed by atoms with Gasteiger partial charge < -0.3 is 9.13 Å². The smallest absolute Gasteiger partial charge is 0.101 e. The van der Waals surface area contributed by atoms with E-state index in [9.17, 15) is 15.8 Å². The van der Waals surface area contributed by atoms with Gasteiger partial charge >= 0.3 is 0 Å². The second-order valence-electron chi connectivity index (χ2n) is 12.3. The maximum atomic E-state index is 10.1. The van der Waals surface area contributed by atoms with Crippen molar-refractivity contribution in [2.45, 2.75) is 0 Å². The molecule has 0 atom stereocenters. The van der Waals surface area contributed by atoms with Crippen molar-refractivity contribution >= 4 is 43.6 Å². The standard InChI is InChI=1S/C45H25N5/c46-26-29-17-23-44(50-41-14-5-3-11-36(41)37-12-4-6-15-42(37)50)39(24-29)35-10-2-1-9-34(35)31-18-20-33(21-19-31)49-43-22-16-30(27-47)25-40(43)38-13-7-8-32(28-48)45(38)49/h1-25H. The molecular formula is C45H25N5. The van der Waals surface area contributed by atoms with Crippen LogP contribution in [0.3, 0.4) is 0 Å². The Kier molecular flexibility index (Phi) is 6.56. The van der Waals surface area contributed by atoms with E-state index in [2.05, 4.69) is 118 Å². The predicted molar refractivity (Wildman–Crippen MR) is 200 cm³/mol. The Balaban J connectivity index is 1.24. The third kappa shape index (κ3) is 4.31. The summed E-state index contributed by atoms with van der Waals surface area (Å²) in [5.41, 5.74) is 11.6. The second kappa shape index (κ2) is 11.4. The van der Waals surface area contributed by atoms with Crippen LogP contribution in [0, 0.1) is 34.0 Å². The molecule has 0 unspecified atom stereocenters. The molecule has 0 fully saturated rings. The average Bonchev–Trinajstić information content (AvgIpc) is 3.70. The maximum absolute atomic E-state index is 10.1. The molecule has 7 aromatic carbocycles. The highest BCUT2D eigenvalue weighted by Gasteiger charge is 2.19. The molecule has 2 heterocycles. The Morgan fingerprint density at radius 3 is 1.70 bits per heavy atom. The number of hydrogen-bond donors (Lipinski definition) is 0. The summed E-state index contributed by atoms with van der Waals surface area (Å²) in [5.74, 6) is 0. The fourth-order valence-corrected chi connectivity index (χ4v) is 7.46. The predicted octanol–water partition coefficient (Wildman–Crippen LogP) is 10.8. The Bertz CT molecular complexity index is 2900. The van der Waals surface area contributed by atoms with Crippen molar-refractivity contribution < 1.29 is 0 Å². The van der Waals surface area contributed by atoms with Gasteiger partial charge in [-0.1, -0.05) is 84.9 Å². The molecular weight excluding hydrogens is 611 g/mol. The SMILES string of the molecule is N#Cc1ccc(-n2c3ccccc3c3ccccc32)c(-c2ccccc2-c2ccc(-n3c4ccc(C#N)cc4c4cccc(C#N)c43)cc2)c1. The summed E-state index contributed by atoms with van der Waals surface area (Å²) < 4.78 is 4.41. The van der Waals surface area contributed by atoms with Crippen LogP contribution >= 0.6 is 0 Å². The monoisotopic (exact) mass is 635 g/mol. The Labute approximate surface area is 287 Å². The fourth-order valence-electron chi connectivity index (χ4n) is 7.46. The molecule has 0 aliphatic heterocycles. The van der Waals surface area contributed by atoms with Crippen molar-refractivity contribution in [1.29, 1.82) is 15.8 Å². The Morgan fingerprint density at radius 1 is 0.400 bits per heavy atom. The van der Waals surface area contributed by atoms with Crippen LogP contribution in [0.5, 0.6) is 0 Å². The number of fused-ring (bicyclic) bond motifs is 6. The highest BCUT2D eigenvalue weighted by molar-refractivity contribution is 6.12. The van der Waals surface area contributed by atoms with Gasteiger partial charge in [0, 0.05) is 32.8 Å². The van der Waals surface area contributed by atoms with E-state index in [-0.39, 0.29) is 0 Å². The van der Waals surface area contributed by atoms with Crippen molar-refractivity contribution in [2.24, 2.45) is 0 Å². The molecule has 50 heavy (non-hydrogen) atoms. The van der Waals surface area contributed by atoms with Crippen LogP contribution in [-0.2, 0) is 0 Å².